The van der Waals surface area contributed by atoms with E-state index in [2.05, 4.69) is 31.6 Å². The van der Waals surface area contributed by atoms with Crippen molar-refractivity contribution in [2.75, 3.05) is 6.61 Å². The molecule has 8 nitrogen and oxygen atoms in total. The number of halogens is 2. The minimum Gasteiger partial charge on any atom is -0.483 e. The normalized spacial score (nSPS) is 11.2. The summed E-state index contributed by atoms with van der Waals surface area (Å²) in [5.41, 5.74) is 5.03. The molecule has 2 aromatic heterocycles. The van der Waals surface area contributed by atoms with Crippen LogP contribution in [0.25, 0.3) is 27.9 Å². The predicted molar refractivity (Wildman–Crippen MR) is 145 cm³/mol. The lowest BCUT2D eigenvalue weighted by molar-refractivity contribution is -0.123. The van der Waals surface area contributed by atoms with Crippen LogP contribution in [0, 0.1) is 0 Å². The number of amides is 1. The molecular weight excluding hydrogens is 560 g/mol. The van der Waals surface area contributed by atoms with Crippen LogP contribution < -0.4 is 15.6 Å². The zero-order valence-corrected chi connectivity index (χ0v) is 21.4. The van der Waals surface area contributed by atoms with Gasteiger partial charge in [-0.1, -0.05) is 45.7 Å². The van der Waals surface area contributed by atoms with Gasteiger partial charge in [-0.05, 0) is 54.6 Å². The minimum atomic E-state index is -0.512. The topological polar surface area (TPSA) is 98.7 Å². The van der Waals surface area contributed by atoms with Crippen LogP contribution in [-0.2, 0) is 4.79 Å². The average Bonchev–Trinajstić information content (AvgIpc) is 3.40. The van der Waals surface area contributed by atoms with Crippen LogP contribution in [0.15, 0.2) is 104 Å². The molecule has 0 spiro atoms. The molecule has 184 valence electrons. The summed E-state index contributed by atoms with van der Waals surface area (Å²) in [6, 6.07) is 21.7. The highest BCUT2D eigenvalue weighted by molar-refractivity contribution is 9.10. The fourth-order valence-corrected chi connectivity index (χ4v) is 4.20. The summed E-state index contributed by atoms with van der Waals surface area (Å²) in [5.74, 6) is -0.0661. The van der Waals surface area contributed by atoms with Gasteiger partial charge in [0.1, 0.15) is 17.6 Å². The molecule has 0 bridgehead atoms. The number of fused-ring (bicyclic) bond motifs is 1. The van der Waals surface area contributed by atoms with E-state index in [1.807, 2.05) is 36.4 Å². The number of hydrogen-bond acceptors (Lipinski definition) is 6. The Labute approximate surface area is 224 Å². The summed E-state index contributed by atoms with van der Waals surface area (Å²) in [5, 5.41) is 9.20. The Balaban J connectivity index is 1.30. The molecule has 5 aromatic rings. The van der Waals surface area contributed by atoms with Crippen LogP contribution >= 0.6 is 27.5 Å². The predicted octanol–water partition coefficient (Wildman–Crippen LogP) is 5.59. The van der Waals surface area contributed by atoms with E-state index >= 15 is 0 Å². The molecule has 0 fully saturated rings. The molecule has 1 N–H and O–H groups in total. The lowest BCUT2D eigenvalue weighted by Gasteiger charge is -2.13. The van der Waals surface area contributed by atoms with E-state index in [1.165, 1.54) is 12.5 Å². The molecule has 1 amide bonds. The Morgan fingerprint density at radius 1 is 1.14 bits per heavy atom. The fraction of sp³-hybridized carbons (Fsp3) is 0.0370. The second-order valence-electron chi connectivity index (χ2n) is 7.85. The highest BCUT2D eigenvalue weighted by Crippen LogP contribution is 2.33. The van der Waals surface area contributed by atoms with E-state index in [9.17, 15) is 9.59 Å². The second kappa shape index (κ2) is 10.8. The van der Waals surface area contributed by atoms with Crippen molar-refractivity contribution in [1.29, 1.82) is 0 Å². The monoisotopic (exact) mass is 576 g/mol. The molecule has 0 saturated heterocycles. The maximum atomic E-state index is 12.6. The highest BCUT2D eigenvalue weighted by atomic mass is 79.9. The van der Waals surface area contributed by atoms with Crippen LogP contribution in [0.1, 0.15) is 5.56 Å². The van der Waals surface area contributed by atoms with Crippen molar-refractivity contribution in [1.82, 2.24) is 15.2 Å². The molecule has 5 rings (SSSR count). The number of nitrogens with zero attached hydrogens (tertiary/aromatic N) is 3. The van der Waals surface area contributed by atoms with Gasteiger partial charge in [-0.15, -0.1) is 0 Å². The zero-order chi connectivity index (χ0) is 25.8. The van der Waals surface area contributed by atoms with Gasteiger partial charge in [0.15, 0.2) is 6.61 Å². The average molecular weight is 578 g/mol. The summed E-state index contributed by atoms with van der Waals surface area (Å²) in [6.07, 6.45) is 4.20. The van der Waals surface area contributed by atoms with Gasteiger partial charge in [-0.25, -0.2) is 10.1 Å². The smallest absolute Gasteiger partial charge is 0.277 e. The summed E-state index contributed by atoms with van der Waals surface area (Å²) in [4.78, 5) is 25.0. The first kappa shape index (κ1) is 24.5. The third kappa shape index (κ3) is 5.47. The van der Waals surface area contributed by atoms with Crippen LogP contribution in [0.5, 0.6) is 5.75 Å². The fourth-order valence-electron chi connectivity index (χ4n) is 3.67. The first-order chi connectivity index (χ1) is 18.0. The number of benzene rings is 3. The van der Waals surface area contributed by atoms with Gasteiger partial charge < -0.3 is 9.15 Å². The van der Waals surface area contributed by atoms with Crippen LogP contribution in [-0.4, -0.2) is 28.5 Å². The molecule has 37 heavy (non-hydrogen) atoms. The van der Waals surface area contributed by atoms with E-state index < -0.39 is 5.91 Å². The number of rotatable bonds is 7. The van der Waals surface area contributed by atoms with E-state index in [1.54, 1.807) is 47.3 Å². The van der Waals surface area contributed by atoms with E-state index in [0.717, 1.165) is 15.9 Å². The van der Waals surface area contributed by atoms with Crippen molar-refractivity contribution in [2.45, 2.75) is 0 Å². The number of hydrogen-bond donors (Lipinski definition) is 1. The van der Waals surface area contributed by atoms with Crippen LogP contribution in [0.2, 0.25) is 5.02 Å². The maximum absolute atomic E-state index is 12.6. The third-order valence-corrected chi connectivity index (χ3v) is 6.10. The Bertz CT molecular complexity index is 1680. The number of hydrazone groups is 1. The molecule has 0 saturated carbocycles. The van der Waals surface area contributed by atoms with Crippen molar-refractivity contribution in [3.05, 3.63) is 111 Å². The second-order valence-corrected chi connectivity index (χ2v) is 9.20. The van der Waals surface area contributed by atoms with Gasteiger partial charge in [0.25, 0.3) is 5.91 Å². The quantitative estimate of drug-likeness (QED) is 0.201. The van der Waals surface area contributed by atoms with Gasteiger partial charge in [0.2, 0.25) is 5.43 Å². The molecule has 0 aliphatic carbocycles. The number of carbonyl (C=O) groups is 1. The van der Waals surface area contributed by atoms with Gasteiger partial charge >= 0.3 is 0 Å². The standard InChI is InChI=1S/C27H18BrClN4O4/c28-18-6-8-25-22(12-18)27(35)17(15-36-25)14-30-32-26(34)16-37-24-9-7-19(29)13-21(24)23-10-11-31-33(23)20-4-2-1-3-5-20/h1-15H,16H2,(H,32,34). The van der Waals surface area contributed by atoms with Gasteiger partial charge in [-0.2, -0.15) is 10.2 Å². The zero-order valence-electron chi connectivity index (χ0n) is 19.1. The molecular formula is C27H18BrClN4O4. The van der Waals surface area contributed by atoms with E-state index in [0.29, 0.717) is 27.3 Å². The summed E-state index contributed by atoms with van der Waals surface area (Å²) in [7, 11) is 0. The van der Waals surface area contributed by atoms with Gasteiger partial charge in [-0.3, -0.25) is 9.59 Å². The van der Waals surface area contributed by atoms with Crippen molar-refractivity contribution >= 4 is 50.6 Å². The van der Waals surface area contributed by atoms with Crippen LogP contribution in [0.3, 0.4) is 0 Å². The van der Waals surface area contributed by atoms with E-state index in [4.69, 9.17) is 20.8 Å². The van der Waals surface area contributed by atoms with Crippen molar-refractivity contribution in [2.24, 2.45) is 5.10 Å². The molecule has 2 heterocycles. The molecule has 0 unspecified atom stereocenters. The summed E-state index contributed by atoms with van der Waals surface area (Å²) in [6.45, 7) is -0.315. The Morgan fingerprint density at radius 3 is 2.81 bits per heavy atom. The molecule has 0 atom stereocenters. The maximum Gasteiger partial charge on any atom is 0.277 e. The van der Waals surface area contributed by atoms with Crippen molar-refractivity contribution in [3.63, 3.8) is 0 Å². The largest absolute Gasteiger partial charge is 0.483 e. The first-order valence-electron chi connectivity index (χ1n) is 11.0. The molecule has 0 aliphatic heterocycles. The molecule has 3 aromatic carbocycles. The van der Waals surface area contributed by atoms with E-state index in [-0.39, 0.29) is 17.6 Å². The highest BCUT2D eigenvalue weighted by Gasteiger charge is 2.15. The number of aromatic nitrogens is 2. The first-order valence-corrected chi connectivity index (χ1v) is 12.2. The lowest BCUT2D eigenvalue weighted by Crippen LogP contribution is -2.25. The Kier molecular flexibility index (Phi) is 7.16. The Hall–Kier alpha value is -4.21. The van der Waals surface area contributed by atoms with Gasteiger partial charge in [0.05, 0.1) is 34.7 Å². The molecule has 0 radical (unpaired) electrons. The van der Waals surface area contributed by atoms with Crippen molar-refractivity contribution in [3.8, 4) is 22.7 Å². The summed E-state index contributed by atoms with van der Waals surface area (Å²) >= 11 is 9.60. The Morgan fingerprint density at radius 2 is 1.97 bits per heavy atom. The van der Waals surface area contributed by atoms with Gasteiger partial charge in [0, 0.05) is 15.1 Å². The third-order valence-electron chi connectivity index (χ3n) is 5.37. The number of nitrogens with one attached hydrogen (secondary N) is 1. The number of carbonyl (C=O) groups excluding carboxylic acids is 1. The number of ether oxygens (including phenoxy) is 1. The molecule has 10 heteroatoms. The van der Waals surface area contributed by atoms with Crippen molar-refractivity contribution < 1.29 is 13.9 Å². The lowest BCUT2D eigenvalue weighted by atomic mass is 10.1. The SMILES string of the molecule is O=C(COc1ccc(Cl)cc1-c1ccnn1-c1ccccc1)NN=Cc1coc2ccc(Br)cc2c1=O. The number of para-hydroxylation sites is 1. The summed E-state index contributed by atoms with van der Waals surface area (Å²) < 4.78 is 13.8. The van der Waals surface area contributed by atoms with Crippen LogP contribution in [0.4, 0.5) is 0 Å². The molecule has 0 aliphatic rings. The minimum absolute atomic E-state index is 0.195.